The van der Waals surface area contributed by atoms with E-state index in [0.717, 1.165) is 28.1 Å². The first kappa shape index (κ1) is 25.5. The van der Waals surface area contributed by atoms with Gasteiger partial charge >= 0.3 is 5.97 Å². The van der Waals surface area contributed by atoms with E-state index in [2.05, 4.69) is 5.32 Å². The third-order valence-corrected chi connectivity index (χ3v) is 6.97. The quantitative estimate of drug-likeness (QED) is 0.513. The SMILES string of the molecule is COc1ccc([C@H]2CC(=O)C3=C(C2)NC(C)=C(C(=O)OCC(C)C)[C@H]3c2ccccc2C)cc1OC. The van der Waals surface area contributed by atoms with Crippen LogP contribution in [0.4, 0.5) is 0 Å². The van der Waals surface area contributed by atoms with Gasteiger partial charge in [-0.1, -0.05) is 44.2 Å². The van der Waals surface area contributed by atoms with Crippen molar-refractivity contribution in [2.24, 2.45) is 5.92 Å². The van der Waals surface area contributed by atoms with Crippen molar-refractivity contribution in [3.8, 4) is 11.5 Å². The van der Waals surface area contributed by atoms with E-state index in [0.29, 0.717) is 42.1 Å². The smallest absolute Gasteiger partial charge is 0.336 e. The lowest BCUT2D eigenvalue weighted by Crippen LogP contribution is -2.36. The molecule has 1 heterocycles. The summed E-state index contributed by atoms with van der Waals surface area (Å²) in [5.41, 5.74) is 5.80. The van der Waals surface area contributed by atoms with Crippen LogP contribution in [0.3, 0.4) is 0 Å². The average Bonchev–Trinajstić information content (AvgIpc) is 2.86. The van der Waals surface area contributed by atoms with Gasteiger partial charge in [0.25, 0.3) is 0 Å². The van der Waals surface area contributed by atoms with Crippen molar-refractivity contribution >= 4 is 11.8 Å². The first-order valence-electron chi connectivity index (χ1n) is 12.4. The number of methoxy groups -OCH3 is 2. The number of Topliss-reactive ketones (excluding diaryl/α,β-unsaturated/α-hetero) is 1. The molecular formula is C30H35NO5. The molecule has 6 heteroatoms. The van der Waals surface area contributed by atoms with Gasteiger partial charge in [-0.15, -0.1) is 0 Å². The zero-order chi connectivity index (χ0) is 26.0. The molecule has 4 rings (SSSR count). The Morgan fingerprint density at radius 1 is 1.03 bits per heavy atom. The second kappa shape index (κ2) is 10.6. The number of hydrogen-bond donors (Lipinski definition) is 1. The van der Waals surface area contributed by atoms with E-state index in [1.165, 1.54) is 0 Å². The van der Waals surface area contributed by atoms with Crippen molar-refractivity contribution in [3.63, 3.8) is 0 Å². The number of carbonyl (C=O) groups excluding carboxylic acids is 2. The van der Waals surface area contributed by atoms with Crippen molar-refractivity contribution in [2.45, 2.75) is 52.4 Å². The Bertz CT molecular complexity index is 1240. The van der Waals surface area contributed by atoms with Crippen LogP contribution >= 0.6 is 0 Å². The molecule has 1 aliphatic carbocycles. The molecule has 0 saturated heterocycles. The van der Waals surface area contributed by atoms with Crippen LogP contribution in [0, 0.1) is 12.8 Å². The molecule has 2 atom stereocenters. The zero-order valence-electron chi connectivity index (χ0n) is 21.9. The lowest BCUT2D eigenvalue weighted by Gasteiger charge is -2.37. The summed E-state index contributed by atoms with van der Waals surface area (Å²) in [6.45, 7) is 8.25. The van der Waals surface area contributed by atoms with Crippen LogP contribution in [-0.2, 0) is 14.3 Å². The lowest BCUT2D eigenvalue weighted by molar-refractivity contribution is -0.140. The van der Waals surface area contributed by atoms with E-state index in [9.17, 15) is 9.59 Å². The van der Waals surface area contributed by atoms with Gasteiger partial charge in [0.1, 0.15) is 0 Å². The number of ether oxygens (including phenoxy) is 3. The molecular weight excluding hydrogens is 454 g/mol. The fourth-order valence-electron chi connectivity index (χ4n) is 5.19. The Morgan fingerprint density at radius 3 is 2.42 bits per heavy atom. The van der Waals surface area contributed by atoms with Gasteiger partial charge in [-0.05, 0) is 60.9 Å². The van der Waals surface area contributed by atoms with Crippen molar-refractivity contribution in [2.75, 3.05) is 20.8 Å². The highest BCUT2D eigenvalue weighted by molar-refractivity contribution is 6.04. The molecule has 1 N–H and O–H groups in total. The number of carbonyl (C=O) groups is 2. The van der Waals surface area contributed by atoms with Crippen molar-refractivity contribution < 1.29 is 23.8 Å². The Morgan fingerprint density at radius 2 is 1.75 bits per heavy atom. The summed E-state index contributed by atoms with van der Waals surface area (Å²) in [4.78, 5) is 27.1. The summed E-state index contributed by atoms with van der Waals surface area (Å²) in [6, 6.07) is 13.8. The number of esters is 1. The second-order valence-electron chi connectivity index (χ2n) is 9.98. The molecule has 0 fully saturated rings. The Balaban J connectivity index is 1.76. The second-order valence-corrected chi connectivity index (χ2v) is 9.98. The molecule has 2 aliphatic rings. The minimum Gasteiger partial charge on any atom is -0.493 e. The molecule has 0 saturated carbocycles. The van der Waals surface area contributed by atoms with Crippen LogP contribution in [0.2, 0.25) is 0 Å². The number of dihydropyridines is 1. The topological polar surface area (TPSA) is 73.9 Å². The minimum absolute atomic E-state index is 0.0108. The number of hydrogen-bond acceptors (Lipinski definition) is 6. The summed E-state index contributed by atoms with van der Waals surface area (Å²) >= 11 is 0. The first-order valence-corrected chi connectivity index (χ1v) is 12.4. The van der Waals surface area contributed by atoms with Gasteiger partial charge in [-0.25, -0.2) is 4.79 Å². The number of rotatable bonds is 7. The fourth-order valence-corrected chi connectivity index (χ4v) is 5.19. The molecule has 190 valence electrons. The summed E-state index contributed by atoms with van der Waals surface area (Å²) in [5.74, 6) is 0.715. The van der Waals surface area contributed by atoms with Crippen LogP contribution < -0.4 is 14.8 Å². The van der Waals surface area contributed by atoms with E-state index >= 15 is 0 Å². The molecule has 0 amide bonds. The van der Waals surface area contributed by atoms with Crippen molar-refractivity contribution in [3.05, 3.63) is 81.7 Å². The lowest BCUT2D eigenvalue weighted by atomic mass is 9.71. The van der Waals surface area contributed by atoms with Crippen LogP contribution in [0.1, 0.15) is 62.1 Å². The van der Waals surface area contributed by atoms with Gasteiger partial charge in [-0.2, -0.15) is 0 Å². The maximum Gasteiger partial charge on any atom is 0.336 e. The van der Waals surface area contributed by atoms with Crippen LogP contribution in [0.25, 0.3) is 0 Å². The van der Waals surface area contributed by atoms with Crippen molar-refractivity contribution in [1.82, 2.24) is 5.32 Å². The highest BCUT2D eigenvalue weighted by Gasteiger charge is 2.42. The molecule has 2 aromatic carbocycles. The van der Waals surface area contributed by atoms with E-state index in [1.54, 1.807) is 14.2 Å². The molecule has 0 bridgehead atoms. The van der Waals surface area contributed by atoms with Crippen LogP contribution in [0.15, 0.2) is 65.0 Å². The number of allylic oxidation sites excluding steroid dienone is 3. The van der Waals surface area contributed by atoms with E-state index < -0.39 is 5.92 Å². The maximum absolute atomic E-state index is 13.8. The molecule has 1 aliphatic heterocycles. The largest absolute Gasteiger partial charge is 0.493 e. The third-order valence-electron chi connectivity index (χ3n) is 6.97. The third kappa shape index (κ3) is 4.90. The average molecular weight is 490 g/mol. The summed E-state index contributed by atoms with van der Waals surface area (Å²) in [7, 11) is 3.22. The molecule has 0 aromatic heterocycles. The minimum atomic E-state index is -0.457. The predicted octanol–water partition coefficient (Wildman–Crippen LogP) is 5.57. The maximum atomic E-state index is 13.8. The number of aryl methyl sites for hydroxylation is 1. The highest BCUT2D eigenvalue weighted by Crippen LogP contribution is 2.47. The molecule has 36 heavy (non-hydrogen) atoms. The van der Waals surface area contributed by atoms with Gasteiger partial charge in [0.2, 0.25) is 0 Å². The monoisotopic (exact) mass is 489 g/mol. The van der Waals surface area contributed by atoms with E-state index in [-0.39, 0.29) is 23.6 Å². The number of benzene rings is 2. The predicted molar refractivity (Wildman–Crippen MR) is 139 cm³/mol. The van der Waals surface area contributed by atoms with Crippen LogP contribution in [0.5, 0.6) is 11.5 Å². The summed E-state index contributed by atoms with van der Waals surface area (Å²) in [6.07, 6.45) is 1.01. The van der Waals surface area contributed by atoms with Gasteiger partial charge in [0, 0.05) is 29.3 Å². The standard InChI is InChI=1S/C30H35NO5/c1-17(2)16-36-30(33)27-19(4)31-23-13-21(20-11-12-25(34-5)26(15-20)35-6)14-24(32)29(23)28(27)22-10-8-7-9-18(22)3/h7-12,15,17,21,28,31H,13-14,16H2,1-6H3/t21-,28-/m1/s1. The van der Waals surface area contributed by atoms with Crippen molar-refractivity contribution in [1.29, 1.82) is 0 Å². The normalized spacial score (nSPS) is 19.7. The number of ketones is 1. The summed E-state index contributed by atoms with van der Waals surface area (Å²) in [5, 5.41) is 3.42. The van der Waals surface area contributed by atoms with Crippen LogP contribution in [-0.4, -0.2) is 32.6 Å². The molecule has 0 spiro atoms. The van der Waals surface area contributed by atoms with E-state index in [4.69, 9.17) is 14.2 Å². The zero-order valence-corrected chi connectivity index (χ0v) is 21.9. The molecule has 0 radical (unpaired) electrons. The molecule has 6 nitrogen and oxygen atoms in total. The van der Waals surface area contributed by atoms with E-state index in [1.807, 2.05) is 70.2 Å². The molecule has 2 aromatic rings. The number of nitrogens with one attached hydrogen (secondary N) is 1. The highest BCUT2D eigenvalue weighted by atomic mass is 16.5. The fraction of sp³-hybridized carbons (Fsp3) is 0.400. The van der Waals surface area contributed by atoms with Gasteiger partial charge < -0.3 is 19.5 Å². The Hall–Kier alpha value is -3.54. The van der Waals surface area contributed by atoms with Gasteiger partial charge in [0.05, 0.1) is 26.4 Å². The van der Waals surface area contributed by atoms with Gasteiger partial charge in [-0.3, -0.25) is 4.79 Å². The Kier molecular flexibility index (Phi) is 7.53. The Labute approximate surface area is 213 Å². The summed E-state index contributed by atoms with van der Waals surface area (Å²) < 4.78 is 16.5. The first-order chi connectivity index (χ1) is 17.2. The van der Waals surface area contributed by atoms with Gasteiger partial charge in [0.15, 0.2) is 17.3 Å². The molecule has 0 unspecified atom stereocenters.